The third kappa shape index (κ3) is 4.98. The lowest BCUT2D eigenvalue weighted by Crippen LogP contribution is -2.56. The maximum atomic E-state index is 14.9. The Balaban J connectivity index is 1.57. The predicted octanol–water partition coefficient (Wildman–Crippen LogP) is 4.38. The maximum Gasteiger partial charge on any atom is 0.232 e. The van der Waals surface area contributed by atoms with Crippen molar-refractivity contribution in [2.75, 3.05) is 19.5 Å². The Kier molecular flexibility index (Phi) is 7.14. The minimum absolute atomic E-state index is 0.0103. The predicted molar refractivity (Wildman–Crippen MR) is 132 cm³/mol. The van der Waals surface area contributed by atoms with Crippen molar-refractivity contribution in [3.05, 3.63) is 53.2 Å². The summed E-state index contributed by atoms with van der Waals surface area (Å²) in [5.41, 5.74) is 5.10. The summed E-state index contributed by atoms with van der Waals surface area (Å²) in [7, 11) is -3.90. The average Bonchev–Trinajstić information content (AvgIpc) is 2.79. The zero-order valence-corrected chi connectivity index (χ0v) is 21.0. The molecule has 0 spiro atoms. The van der Waals surface area contributed by atoms with E-state index in [1.807, 2.05) is 0 Å². The second-order valence-corrected chi connectivity index (χ2v) is 12.1. The number of nitrogens with two attached hydrogens (primary N) is 1. The number of amidine groups is 1. The number of alkyl halides is 1. The van der Waals surface area contributed by atoms with Crippen LogP contribution in [0.4, 0.5) is 13.2 Å². The summed E-state index contributed by atoms with van der Waals surface area (Å²) < 4.78 is 71.7. The van der Waals surface area contributed by atoms with Gasteiger partial charge in [-0.15, -0.1) is 0 Å². The largest absolute Gasteiger partial charge is 0.476 e. The molecule has 36 heavy (non-hydrogen) atoms. The summed E-state index contributed by atoms with van der Waals surface area (Å²) in [6, 6.07) is 3.98. The van der Waals surface area contributed by atoms with Gasteiger partial charge in [-0.2, -0.15) is 0 Å². The molecule has 11 heteroatoms. The van der Waals surface area contributed by atoms with Crippen molar-refractivity contribution in [3.63, 3.8) is 0 Å². The Hall–Kier alpha value is -2.95. The Morgan fingerprint density at radius 1 is 1.25 bits per heavy atom. The first-order valence-corrected chi connectivity index (χ1v) is 13.6. The highest BCUT2D eigenvalue weighted by Gasteiger charge is 2.51. The standard InChI is InChI=1S/C25H29F3N4O3S/c1-24(8-9-25(15-26,23(29)32-24)36(2,33)34)18-10-17(6-7-19(18)27)11-20(28)21-12-31-22(13-30-21)35-14-16-4-3-5-16/h6-7,10-13,16H,3-5,8-9,14-15H2,1-2H3,(H2,29,32)/b20-11-/t24-,25-/m0/s1. The Morgan fingerprint density at radius 2 is 2.00 bits per heavy atom. The van der Waals surface area contributed by atoms with Crippen LogP contribution in [0.2, 0.25) is 0 Å². The fourth-order valence-corrected chi connectivity index (χ4v) is 5.54. The van der Waals surface area contributed by atoms with Gasteiger partial charge in [-0.25, -0.2) is 31.6 Å². The van der Waals surface area contributed by atoms with Gasteiger partial charge in [0.05, 0.1) is 24.5 Å². The van der Waals surface area contributed by atoms with E-state index >= 15 is 0 Å². The van der Waals surface area contributed by atoms with Crippen LogP contribution >= 0.6 is 0 Å². The van der Waals surface area contributed by atoms with Crippen molar-refractivity contribution in [3.8, 4) is 5.88 Å². The van der Waals surface area contributed by atoms with Crippen molar-refractivity contribution in [1.29, 1.82) is 0 Å². The van der Waals surface area contributed by atoms with Crippen LogP contribution in [0.25, 0.3) is 11.9 Å². The van der Waals surface area contributed by atoms with Crippen LogP contribution in [0.1, 0.15) is 55.8 Å². The number of aliphatic imine (C=N–C) groups is 1. The molecule has 2 heterocycles. The minimum Gasteiger partial charge on any atom is -0.476 e. The molecule has 1 aliphatic heterocycles. The van der Waals surface area contributed by atoms with Crippen LogP contribution in [0.15, 0.2) is 35.6 Å². The van der Waals surface area contributed by atoms with Gasteiger partial charge in [0.2, 0.25) is 5.88 Å². The van der Waals surface area contributed by atoms with E-state index in [9.17, 15) is 21.6 Å². The molecule has 2 aromatic rings. The summed E-state index contributed by atoms with van der Waals surface area (Å²) in [6.07, 6.45) is 8.06. The number of nitrogens with zero attached hydrogens (tertiary/aromatic N) is 3. The second kappa shape index (κ2) is 9.84. The van der Waals surface area contributed by atoms with Crippen LogP contribution in [-0.4, -0.2) is 48.5 Å². The van der Waals surface area contributed by atoms with Crippen LogP contribution in [0, 0.1) is 11.7 Å². The number of aromatic nitrogens is 2. The quantitative estimate of drug-likeness (QED) is 0.551. The van der Waals surface area contributed by atoms with E-state index < -0.39 is 44.3 Å². The van der Waals surface area contributed by atoms with E-state index in [0.717, 1.165) is 19.1 Å². The number of hydrogen-bond acceptors (Lipinski definition) is 7. The topological polar surface area (TPSA) is 108 Å². The lowest BCUT2D eigenvalue weighted by molar-refractivity contribution is 0.175. The first-order chi connectivity index (χ1) is 17.0. The van der Waals surface area contributed by atoms with Crippen molar-refractivity contribution >= 4 is 27.6 Å². The maximum absolute atomic E-state index is 14.9. The molecule has 2 atom stereocenters. The summed E-state index contributed by atoms with van der Waals surface area (Å²) in [5.74, 6) is -0.854. The highest BCUT2D eigenvalue weighted by atomic mass is 32.2. The molecule has 1 aromatic heterocycles. The monoisotopic (exact) mass is 522 g/mol. The number of ether oxygens (including phenoxy) is 1. The van der Waals surface area contributed by atoms with Crippen molar-refractivity contribution in [2.45, 2.75) is 49.3 Å². The summed E-state index contributed by atoms with van der Waals surface area (Å²) in [6.45, 7) is 0.923. The SMILES string of the molecule is C[C@@]1(c2cc(/C=C(\F)c3cnc(OCC4CCC4)cn3)ccc2F)CC[C@@](CF)(S(C)(=O)=O)C(N)=N1. The number of hydrogen-bond donors (Lipinski definition) is 1. The molecule has 1 fully saturated rings. The van der Waals surface area contributed by atoms with Gasteiger partial charge in [0.15, 0.2) is 20.4 Å². The molecule has 4 rings (SSSR count). The van der Waals surface area contributed by atoms with E-state index in [1.54, 1.807) is 6.92 Å². The smallest absolute Gasteiger partial charge is 0.232 e. The third-order valence-corrected chi connectivity index (χ3v) is 9.15. The third-order valence-electron chi connectivity index (χ3n) is 7.20. The second-order valence-electron chi connectivity index (χ2n) is 9.75. The molecule has 1 aromatic carbocycles. The molecule has 0 bridgehead atoms. The van der Waals surface area contributed by atoms with Gasteiger partial charge in [-0.3, -0.25) is 4.99 Å². The van der Waals surface area contributed by atoms with E-state index in [1.165, 1.54) is 43.1 Å². The lowest BCUT2D eigenvalue weighted by Gasteiger charge is -2.39. The molecule has 2 aliphatic rings. The van der Waals surface area contributed by atoms with Gasteiger partial charge in [0.25, 0.3) is 0 Å². The number of sulfone groups is 1. The highest BCUT2D eigenvalue weighted by Crippen LogP contribution is 2.42. The van der Waals surface area contributed by atoms with Crippen molar-refractivity contribution < 1.29 is 26.3 Å². The van der Waals surface area contributed by atoms with Crippen LogP contribution in [-0.2, 0) is 15.4 Å². The zero-order valence-electron chi connectivity index (χ0n) is 20.2. The van der Waals surface area contributed by atoms with E-state index in [0.29, 0.717) is 24.0 Å². The van der Waals surface area contributed by atoms with E-state index in [2.05, 4.69) is 15.0 Å². The van der Waals surface area contributed by atoms with Crippen LogP contribution < -0.4 is 10.5 Å². The molecule has 194 valence electrons. The molecule has 0 amide bonds. The Labute approximate surface area is 208 Å². The summed E-state index contributed by atoms with van der Waals surface area (Å²) in [5, 5.41) is 0. The summed E-state index contributed by atoms with van der Waals surface area (Å²) in [4.78, 5) is 12.4. The molecule has 2 N–H and O–H groups in total. The van der Waals surface area contributed by atoms with Gasteiger partial charge >= 0.3 is 0 Å². The van der Waals surface area contributed by atoms with Crippen molar-refractivity contribution in [1.82, 2.24) is 9.97 Å². The van der Waals surface area contributed by atoms with Crippen LogP contribution in [0.5, 0.6) is 5.88 Å². The fourth-order valence-electron chi connectivity index (χ4n) is 4.44. The molecule has 1 saturated carbocycles. The van der Waals surface area contributed by atoms with E-state index in [4.69, 9.17) is 10.5 Å². The number of rotatable bonds is 8. The summed E-state index contributed by atoms with van der Waals surface area (Å²) >= 11 is 0. The number of benzene rings is 1. The zero-order chi connectivity index (χ0) is 26.1. The lowest BCUT2D eigenvalue weighted by atomic mass is 9.81. The Bertz CT molecular complexity index is 1300. The molecule has 0 saturated heterocycles. The first-order valence-electron chi connectivity index (χ1n) is 11.7. The first kappa shape index (κ1) is 26.1. The van der Waals surface area contributed by atoms with Gasteiger partial charge in [-0.1, -0.05) is 12.5 Å². The Morgan fingerprint density at radius 3 is 2.56 bits per heavy atom. The molecule has 1 aliphatic carbocycles. The average molecular weight is 523 g/mol. The fraction of sp³-hybridized carbons (Fsp3) is 0.480. The highest BCUT2D eigenvalue weighted by molar-refractivity contribution is 7.93. The van der Waals surface area contributed by atoms with Gasteiger partial charge in [0.1, 0.15) is 24.0 Å². The number of halogens is 3. The van der Waals surface area contributed by atoms with Crippen LogP contribution in [0.3, 0.4) is 0 Å². The van der Waals surface area contributed by atoms with Gasteiger partial charge in [-0.05, 0) is 62.3 Å². The molecule has 0 unspecified atom stereocenters. The molecular weight excluding hydrogens is 493 g/mol. The normalized spacial score (nSPS) is 25.2. The molecule has 7 nitrogen and oxygen atoms in total. The van der Waals surface area contributed by atoms with Crippen molar-refractivity contribution in [2.24, 2.45) is 16.6 Å². The molecule has 0 radical (unpaired) electrons. The minimum atomic E-state index is -3.90. The van der Waals surface area contributed by atoms with E-state index in [-0.39, 0.29) is 24.1 Å². The molecular formula is C25H29F3N4O3S. The van der Waals surface area contributed by atoms with Gasteiger partial charge < -0.3 is 10.5 Å². The van der Waals surface area contributed by atoms with Gasteiger partial charge in [0, 0.05) is 11.8 Å².